The van der Waals surface area contributed by atoms with E-state index in [-0.39, 0.29) is 0 Å². The number of para-hydroxylation sites is 1. The van der Waals surface area contributed by atoms with Crippen LogP contribution in [0.15, 0.2) is 36.1 Å². The van der Waals surface area contributed by atoms with Crippen LogP contribution < -0.4 is 4.74 Å². The molecule has 0 aromatic heterocycles. The molecule has 0 unspecified atom stereocenters. The van der Waals surface area contributed by atoms with Gasteiger partial charge in [-0.3, -0.25) is 0 Å². The van der Waals surface area contributed by atoms with Gasteiger partial charge in [0, 0.05) is 6.42 Å². The molecule has 0 saturated carbocycles. The molecule has 0 amide bonds. The topological polar surface area (TPSA) is 9.23 Å². The van der Waals surface area contributed by atoms with Crippen molar-refractivity contribution in [2.24, 2.45) is 0 Å². The van der Waals surface area contributed by atoms with E-state index in [0.717, 1.165) is 17.9 Å². The predicted octanol–water partition coefficient (Wildman–Crippen LogP) is 2.73. The molecule has 0 spiro atoms. The quantitative estimate of drug-likeness (QED) is 0.612. The van der Waals surface area contributed by atoms with Gasteiger partial charge < -0.3 is 4.74 Å². The molecule has 1 aliphatic heterocycles. The number of hydrogen-bond donors (Lipinski definition) is 0. The van der Waals surface area contributed by atoms with E-state index < -0.39 is 0 Å². The van der Waals surface area contributed by atoms with E-state index in [0.29, 0.717) is 0 Å². The third kappa shape index (κ3) is 1.22. The monoisotopic (exact) mass is 159 g/mol. The SMILES string of the molecule is C[CH]C1=CCc2ccccc2O1. The van der Waals surface area contributed by atoms with E-state index in [2.05, 4.69) is 12.1 Å². The van der Waals surface area contributed by atoms with Gasteiger partial charge in [-0.1, -0.05) is 25.1 Å². The zero-order chi connectivity index (χ0) is 8.39. The molecule has 2 rings (SSSR count). The minimum atomic E-state index is 0.966. The van der Waals surface area contributed by atoms with Crippen molar-refractivity contribution in [3.05, 3.63) is 48.1 Å². The van der Waals surface area contributed by atoms with Gasteiger partial charge in [0.05, 0.1) is 0 Å². The van der Waals surface area contributed by atoms with Gasteiger partial charge in [-0.15, -0.1) is 0 Å². The molecule has 0 aliphatic carbocycles. The minimum absolute atomic E-state index is 0.966. The average Bonchev–Trinajstić information content (AvgIpc) is 2.17. The van der Waals surface area contributed by atoms with Crippen LogP contribution in [0.2, 0.25) is 0 Å². The second-order valence-electron chi connectivity index (χ2n) is 2.81. The second kappa shape index (κ2) is 3.02. The highest BCUT2D eigenvalue weighted by Gasteiger charge is 2.09. The summed E-state index contributed by atoms with van der Waals surface area (Å²) in [6, 6.07) is 8.14. The van der Waals surface area contributed by atoms with Crippen molar-refractivity contribution in [3.8, 4) is 5.75 Å². The molecule has 1 aliphatic rings. The molecule has 1 aromatic rings. The van der Waals surface area contributed by atoms with Gasteiger partial charge in [-0.25, -0.2) is 0 Å². The zero-order valence-corrected chi connectivity index (χ0v) is 7.08. The molecule has 12 heavy (non-hydrogen) atoms. The van der Waals surface area contributed by atoms with Crippen LogP contribution in [0, 0.1) is 6.42 Å². The first kappa shape index (κ1) is 7.41. The number of hydrogen-bond acceptors (Lipinski definition) is 1. The van der Waals surface area contributed by atoms with Crippen LogP contribution >= 0.6 is 0 Å². The molecule has 1 radical (unpaired) electrons. The summed E-state index contributed by atoms with van der Waals surface area (Å²) in [5.74, 6) is 1.96. The van der Waals surface area contributed by atoms with Crippen molar-refractivity contribution >= 4 is 0 Å². The largest absolute Gasteiger partial charge is 0.461 e. The molecule has 1 nitrogen and oxygen atoms in total. The summed E-state index contributed by atoms with van der Waals surface area (Å²) < 4.78 is 5.59. The van der Waals surface area contributed by atoms with Gasteiger partial charge in [0.1, 0.15) is 11.5 Å². The Hall–Kier alpha value is -1.24. The molecule has 0 fully saturated rings. The minimum Gasteiger partial charge on any atom is -0.461 e. The van der Waals surface area contributed by atoms with Crippen molar-refractivity contribution in [1.82, 2.24) is 0 Å². The Balaban J connectivity index is 2.31. The van der Waals surface area contributed by atoms with Crippen LogP contribution in [-0.4, -0.2) is 0 Å². The van der Waals surface area contributed by atoms with Crippen LogP contribution in [0.1, 0.15) is 12.5 Å². The summed E-state index contributed by atoms with van der Waals surface area (Å²) in [4.78, 5) is 0. The molecule has 0 atom stereocenters. The molecule has 1 heteroatoms. The number of benzene rings is 1. The van der Waals surface area contributed by atoms with E-state index in [1.54, 1.807) is 0 Å². The summed E-state index contributed by atoms with van der Waals surface area (Å²) in [7, 11) is 0. The highest BCUT2D eigenvalue weighted by atomic mass is 16.5. The van der Waals surface area contributed by atoms with E-state index >= 15 is 0 Å². The molecule has 61 valence electrons. The summed E-state index contributed by atoms with van der Waals surface area (Å²) in [6.07, 6.45) is 5.06. The highest BCUT2D eigenvalue weighted by molar-refractivity contribution is 5.39. The van der Waals surface area contributed by atoms with E-state index in [1.165, 1.54) is 5.56 Å². The van der Waals surface area contributed by atoms with Crippen LogP contribution in [0.25, 0.3) is 0 Å². The number of ether oxygens (including phenoxy) is 1. The van der Waals surface area contributed by atoms with Crippen molar-refractivity contribution < 1.29 is 4.74 Å². The van der Waals surface area contributed by atoms with E-state index in [4.69, 9.17) is 4.74 Å². The Morgan fingerprint density at radius 1 is 1.33 bits per heavy atom. The van der Waals surface area contributed by atoms with Crippen LogP contribution in [0.3, 0.4) is 0 Å². The maximum atomic E-state index is 5.59. The van der Waals surface area contributed by atoms with Crippen molar-refractivity contribution in [2.45, 2.75) is 13.3 Å². The highest BCUT2D eigenvalue weighted by Crippen LogP contribution is 2.26. The maximum Gasteiger partial charge on any atom is 0.130 e. The van der Waals surface area contributed by atoms with Gasteiger partial charge in [-0.05, 0) is 24.1 Å². The van der Waals surface area contributed by atoms with Gasteiger partial charge in [0.15, 0.2) is 0 Å². The van der Waals surface area contributed by atoms with Crippen LogP contribution in [0.4, 0.5) is 0 Å². The lowest BCUT2D eigenvalue weighted by Crippen LogP contribution is -2.03. The molecular weight excluding hydrogens is 148 g/mol. The fourth-order valence-corrected chi connectivity index (χ4v) is 1.33. The van der Waals surface area contributed by atoms with Gasteiger partial charge in [-0.2, -0.15) is 0 Å². The first-order valence-corrected chi connectivity index (χ1v) is 4.15. The van der Waals surface area contributed by atoms with Crippen molar-refractivity contribution in [3.63, 3.8) is 0 Å². The average molecular weight is 159 g/mol. The second-order valence-corrected chi connectivity index (χ2v) is 2.81. The predicted molar refractivity (Wildman–Crippen MR) is 48.8 cm³/mol. The molecule has 0 bridgehead atoms. The molecule has 0 N–H and O–H groups in total. The third-order valence-electron chi connectivity index (χ3n) is 2.01. The lowest BCUT2D eigenvalue weighted by molar-refractivity contribution is 0.418. The first-order chi connectivity index (χ1) is 5.90. The lowest BCUT2D eigenvalue weighted by atomic mass is 10.1. The Morgan fingerprint density at radius 3 is 3.00 bits per heavy atom. The van der Waals surface area contributed by atoms with Gasteiger partial charge in [0.2, 0.25) is 0 Å². The van der Waals surface area contributed by atoms with E-state index in [9.17, 15) is 0 Å². The van der Waals surface area contributed by atoms with Gasteiger partial charge in [0.25, 0.3) is 0 Å². The van der Waals surface area contributed by atoms with Crippen molar-refractivity contribution in [2.75, 3.05) is 0 Å². The molecule has 1 aromatic carbocycles. The normalized spacial score (nSPS) is 14.6. The third-order valence-corrected chi connectivity index (χ3v) is 2.01. The van der Waals surface area contributed by atoms with E-state index in [1.807, 2.05) is 31.5 Å². The van der Waals surface area contributed by atoms with Gasteiger partial charge >= 0.3 is 0 Å². The fourth-order valence-electron chi connectivity index (χ4n) is 1.33. The molecule has 1 heterocycles. The Kier molecular flexibility index (Phi) is 1.86. The summed E-state index contributed by atoms with van der Waals surface area (Å²) in [5.41, 5.74) is 1.27. The standard InChI is InChI=1S/C11H11O/c1-2-10-8-7-9-5-3-4-6-11(9)12-10/h2-6,8H,7H2,1H3. The Bertz CT molecular complexity index is 313. The fraction of sp³-hybridized carbons (Fsp3) is 0.182. The van der Waals surface area contributed by atoms with Crippen LogP contribution in [-0.2, 0) is 6.42 Å². The smallest absolute Gasteiger partial charge is 0.130 e. The lowest BCUT2D eigenvalue weighted by Gasteiger charge is -2.16. The van der Waals surface area contributed by atoms with Crippen LogP contribution in [0.5, 0.6) is 5.75 Å². The molecule has 0 saturated heterocycles. The Labute approximate surface area is 72.7 Å². The summed E-state index contributed by atoms with van der Waals surface area (Å²) in [6.45, 7) is 1.99. The first-order valence-electron chi connectivity index (χ1n) is 4.15. The zero-order valence-electron chi connectivity index (χ0n) is 7.08. The summed E-state index contributed by atoms with van der Waals surface area (Å²) in [5, 5.41) is 0. The number of rotatable bonds is 1. The maximum absolute atomic E-state index is 5.59. The Morgan fingerprint density at radius 2 is 2.17 bits per heavy atom. The molecular formula is C11H11O. The van der Waals surface area contributed by atoms with Crippen molar-refractivity contribution in [1.29, 1.82) is 0 Å². The number of fused-ring (bicyclic) bond motifs is 1. The number of allylic oxidation sites excluding steroid dienone is 2. The summed E-state index contributed by atoms with van der Waals surface area (Å²) >= 11 is 0.